The number of nitrogens with zero attached hydrogens (tertiary/aromatic N) is 2. The molecule has 0 aliphatic heterocycles. The molecule has 0 radical (unpaired) electrons. The van der Waals surface area contributed by atoms with Gasteiger partial charge in [0.25, 0.3) is 0 Å². The van der Waals surface area contributed by atoms with E-state index in [0.717, 1.165) is 27.7 Å². The van der Waals surface area contributed by atoms with Crippen molar-refractivity contribution in [1.29, 1.82) is 0 Å². The smallest absolute Gasteiger partial charge is 1.00 e. The summed E-state index contributed by atoms with van der Waals surface area (Å²) in [6.45, 7) is 3.97. The first-order valence-electron chi connectivity index (χ1n) is 8.67. The molecule has 0 aliphatic rings. The fourth-order valence-electron chi connectivity index (χ4n) is 1.67. The Bertz CT molecular complexity index is 710. The van der Waals surface area contributed by atoms with Gasteiger partial charge in [-0.2, -0.15) is 0 Å². The van der Waals surface area contributed by atoms with Gasteiger partial charge in [-0.3, -0.25) is 28.8 Å². The Morgan fingerprint density at radius 2 is 0.789 bits per heavy atom. The maximum atomic E-state index is 10.8. The first-order valence-corrected chi connectivity index (χ1v) is 8.67. The van der Waals surface area contributed by atoms with Crippen LogP contribution in [0.25, 0.3) is 0 Å². The molecule has 0 spiro atoms. The van der Waals surface area contributed by atoms with Gasteiger partial charge in [-0.1, -0.05) is 0 Å². The van der Waals surface area contributed by atoms with E-state index < -0.39 is 60.2 Å². The number of carbonyl (C=O) groups excluding carboxylic acids is 4. The molecule has 0 unspecified atom stereocenters. The van der Waals surface area contributed by atoms with Crippen molar-refractivity contribution in [3.05, 3.63) is 0 Å². The van der Waals surface area contributed by atoms with Crippen molar-refractivity contribution < 1.29 is 228 Å². The summed E-state index contributed by atoms with van der Waals surface area (Å²) in [5.74, 6) is -7.92. The van der Waals surface area contributed by atoms with Gasteiger partial charge in [0.15, 0.2) is 5.60 Å². The quantitative estimate of drug-likeness (QED) is 0.119. The molecule has 4 N–H and O–H groups in total. The number of hydrogen-bond acceptors (Lipinski definition) is 14. The zero-order valence-electron chi connectivity index (χ0n) is 28.0. The Morgan fingerprint density at radius 3 is 0.921 bits per heavy atom. The second-order valence-corrected chi connectivity index (χ2v) is 5.92. The van der Waals surface area contributed by atoms with Crippen molar-refractivity contribution in [1.82, 2.24) is 10.5 Å². The third-order valence-electron chi connectivity index (χ3n) is 2.67. The van der Waals surface area contributed by atoms with Crippen LogP contribution in [-0.2, 0) is 52.9 Å². The summed E-state index contributed by atoms with van der Waals surface area (Å²) in [6, 6.07) is 0. The van der Waals surface area contributed by atoms with Crippen molar-refractivity contribution in [3.63, 3.8) is 0 Å². The summed E-state index contributed by atoms with van der Waals surface area (Å²) in [5, 5.41) is 35.0. The molecule has 0 saturated heterocycles. The number of hydroxylamine groups is 4. The molecule has 0 aliphatic carbocycles. The third-order valence-corrected chi connectivity index (χ3v) is 2.67. The number of carbonyl (C=O) groups is 7. The van der Waals surface area contributed by atoms with Gasteiger partial charge in [0, 0.05) is 38.1 Å². The number of carboxylic acids is 3. The summed E-state index contributed by atoms with van der Waals surface area (Å²) in [5.41, 5.74) is -2.74. The average molecular weight is 604 g/mol. The van der Waals surface area contributed by atoms with Crippen LogP contribution in [0.2, 0.25) is 0 Å². The van der Waals surface area contributed by atoms with E-state index >= 15 is 0 Å². The Labute approximate surface area is 335 Å². The minimum absolute atomic E-state index is 0. The second kappa shape index (κ2) is 29.7. The Balaban J connectivity index is -0.0000000380. The van der Waals surface area contributed by atoms with Crippen LogP contribution in [0.1, 0.15) is 47.7 Å². The van der Waals surface area contributed by atoms with E-state index in [1.54, 1.807) is 0 Å². The van der Waals surface area contributed by atoms with Gasteiger partial charge in [-0.05, 0) is 0 Å². The molecular weight excluding hydrogens is 575 g/mol. The summed E-state index contributed by atoms with van der Waals surface area (Å²) in [6.07, 6.45) is -2.29. The molecule has 0 saturated carbocycles. The van der Waals surface area contributed by atoms with E-state index in [2.05, 4.69) is 19.4 Å². The molecule has 0 aromatic carbocycles. The molecule has 0 bridgehead atoms. The van der Waals surface area contributed by atoms with Crippen LogP contribution in [-0.4, -0.2) is 91.4 Å². The first kappa shape index (κ1) is 55.1. The predicted octanol–water partition coefficient (Wildman–Crippen LogP) is -16.2. The standard InChI is InChI=1S/C10H16N2O8.C6H8O7.5Na.5H/c1-7(13)17-11(18-8(2)14)5-6-12(19-9(3)15)20-10(4)16;7-3(8)1-6(13,5(11)12)2-4(9)10;;;;;;;;;;/h5-6H2,1-4H3;13H,1-2H2,(H,7,8)(H,9,10)(H,11,12);;;;;;;;;;/q;;5*+1;5*-1. The number of carboxylic acid groups (broad SMARTS) is 3. The van der Waals surface area contributed by atoms with Crippen LogP contribution < -0.4 is 148 Å². The summed E-state index contributed by atoms with van der Waals surface area (Å²) >= 11 is 0. The molecule has 0 aromatic heterocycles. The van der Waals surface area contributed by atoms with Crippen molar-refractivity contribution in [2.45, 2.75) is 46.1 Å². The van der Waals surface area contributed by atoms with Crippen molar-refractivity contribution in [2.24, 2.45) is 0 Å². The monoisotopic (exact) mass is 604 g/mol. The van der Waals surface area contributed by atoms with Gasteiger partial charge in [-0.15, -0.1) is 0 Å². The number of rotatable bonds is 12. The fourth-order valence-corrected chi connectivity index (χ4v) is 1.67. The number of aliphatic carboxylic acids is 3. The molecule has 17 nitrogen and oxygen atoms in total. The van der Waals surface area contributed by atoms with E-state index in [1.807, 2.05) is 0 Å². The van der Waals surface area contributed by atoms with Crippen LogP contribution in [0.4, 0.5) is 0 Å². The molecule has 0 atom stereocenters. The number of hydrogen-bond donors (Lipinski definition) is 4. The van der Waals surface area contributed by atoms with Crippen molar-refractivity contribution in [3.8, 4) is 0 Å². The van der Waals surface area contributed by atoms with Gasteiger partial charge in [-0.25, -0.2) is 4.79 Å². The van der Waals surface area contributed by atoms with E-state index in [-0.39, 0.29) is 168 Å². The van der Waals surface area contributed by atoms with Crippen molar-refractivity contribution >= 4 is 41.8 Å². The van der Waals surface area contributed by atoms with Gasteiger partial charge in [0.2, 0.25) is 0 Å². The molecule has 0 heterocycles. The minimum atomic E-state index is -2.74. The van der Waals surface area contributed by atoms with Gasteiger partial charge in [0.05, 0.1) is 25.9 Å². The van der Waals surface area contributed by atoms with E-state index in [0.29, 0.717) is 10.5 Å². The second-order valence-electron chi connectivity index (χ2n) is 5.92. The predicted molar refractivity (Wildman–Crippen MR) is 103 cm³/mol. The maximum Gasteiger partial charge on any atom is 1.00 e. The maximum absolute atomic E-state index is 10.8. The molecule has 22 heteroatoms. The molecule has 0 rings (SSSR count). The summed E-state index contributed by atoms with van der Waals surface area (Å²) < 4.78 is 0. The first-order chi connectivity index (χ1) is 15.0. The Kier molecular flexibility index (Phi) is 43.0. The average Bonchev–Trinajstić information content (AvgIpc) is 2.56. The normalized spacial score (nSPS) is 9.03. The SMILES string of the molecule is CC(=O)ON(CCN(OC(C)=O)OC(C)=O)OC(C)=O.O=C(O)CC(O)(CC(=O)O)C(=O)O.[H-].[H-].[H-].[H-].[H-].[Na+].[Na+].[Na+].[Na+].[Na+]. The zero-order valence-corrected chi connectivity index (χ0v) is 33.0. The van der Waals surface area contributed by atoms with E-state index in [9.17, 15) is 33.6 Å². The molecule has 0 amide bonds. The zero-order chi connectivity index (χ0) is 26.4. The fraction of sp³-hybridized carbons (Fsp3) is 0.562. The van der Waals surface area contributed by atoms with E-state index in [4.69, 9.17) is 20.4 Å². The molecular formula is C16H29N2Na5O15. The largest absolute Gasteiger partial charge is 1.00 e. The van der Waals surface area contributed by atoms with Gasteiger partial charge >= 0.3 is 190 Å². The summed E-state index contributed by atoms with van der Waals surface area (Å²) in [7, 11) is 0. The third kappa shape index (κ3) is 33.4. The van der Waals surface area contributed by atoms with E-state index in [1.165, 1.54) is 0 Å². The van der Waals surface area contributed by atoms with Crippen LogP contribution >= 0.6 is 0 Å². The van der Waals surface area contributed by atoms with Crippen LogP contribution in [0.5, 0.6) is 0 Å². The molecule has 0 fully saturated rings. The molecule has 38 heavy (non-hydrogen) atoms. The topological polar surface area (TPSA) is 244 Å². The van der Waals surface area contributed by atoms with Crippen LogP contribution in [0, 0.1) is 0 Å². The van der Waals surface area contributed by atoms with Crippen LogP contribution in [0.15, 0.2) is 0 Å². The van der Waals surface area contributed by atoms with Gasteiger partial charge in [0.1, 0.15) is 0 Å². The van der Waals surface area contributed by atoms with Crippen molar-refractivity contribution in [2.75, 3.05) is 13.1 Å². The summed E-state index contributed by atoms with van der Waals surface area (Å²) in [4.78, 5) is 91.9. The minimum Gasteiger partial charge on any atom is -1.00 e. The Hall–Kier alpha value is 1.17. The molecule has 198 valence electrons. The number of aliphatic hydroxyl groups is 1. The molecule has 0 aromatic rings. The van der Waals surface area contributed by atoms with Gasteiger partial charge < -0.3 is 46.9 Å². The van der Waals surface area contributed by atoms with Crippen LogP contribution in [0.3, 0.4) is 0 Å². The Morgan fingerprint density at radius 1 is 0.579 bits per heavy atom.